The van der Waals surface area contributed by atoms with Gasteiger partial charge in [-0.3, -0.25) is 0 Å². The summed E-state index contributed by atoms with van der Waals surface area (Å²) in [6.45, 7) is 8.52. The third-order valence-corrected chi connectivity index (χ3v) is 2.78. The lowest BCUT2D eigenvalue weighted by atomic mass is 9.97. The molecule has 0 nitrogen and oxygen atoms in total. The zero-order valence-electron chi connectivity index (χ0n) is 10.8. The summed E-state index contributed by atoms with van der Waals surface area (Å²) in [5.41, 5.74) is 4.36. The zero-order chi connectivity index (χ0) is 12.0. The SMILES string of the molecule is CC.CC(C)C1=CC=C(c2ccccc2)C1. The highest BCUT2D eigenvalue weighted by Gasteiger charge is 2.11. The lowest BCUT2D eigenvalue weighted by Gasteiger charge is -2.08. The van der Waals surface area contributed by atoms with E-state index in [1.807, 2.05) is 13.8 Å². The maximum Gasteiger partial charge on any atom is -0.00555 e. The Morgan fingerprint density at radius 3 is 2.06 bits per heavy atom. The summed E-state index contributed by atoms with van der Waals surface area (Å²) < 4.78 is 0. The monoisotopic (exact) mass is 214 g/mol. The third-order valence-electron chi connectivity index (χ3n) is 2.78. The maximum atomic E-state index is 2.27. The van der Waals surface area contributed by atoms with Crippen molar-refractivity contribution in [3.8, 4) is 0 Å². The topological polar surface area (TPSA) is 0 Å². The van der Waals surface area contributed by atoms with Gasteiger partial charge in [-0.05, 0) is 23.5 Å². The van der Waals surface area contributed by atoms with Crippen LogP contribution in [0.3, 0.4) is 0 Å². The van der Waals surface area contributed by atoms with Gasteiger partial charge in [-0.15, -0.1) is 0 Å². The first kappa shape index (κ1) is 12.8. The van der Waals surface area contributed by atoms with Crippen LogP contribution in [0.4, 0.5) is 0 Å². The summed E-state index contributed by atoms with van der Waals surface area (Å²) in [6.07, 6.45) is 5.65. The highest BCUT2D eigenvalue weighted by Crippen LogP contribution is 2.31. The van der Waals surface area contributed by atoms with Gasteiger partial charge in [0.25, 0.3) is 0 Å². The van der Waals surface area contributed by atoms with Crippen LogP contribution in [-0.4, -0.2) is 0 Å². The normalized spacial score (nSPS) is 14.1. The highest BCUT2D eigenvalue weighted by molar-refractivity contribution is 5.72. The fourth-order valence-electron chi connectivity index (χ4n) is 1.79. The van der Waals surface area contributed by atoms with Crippen molar-refractivity contribution >= 4 is 5.57 Å². The third kappa shape index (κ3) is 3.10. The lowest BCUT2D eigenvalue weighted by molar-refractivity contribution is 0.756. The molecule has 16 heavy (non-hydrogen) atoms. The first-order valence-corrected chi connectivity index (χ1v) is 6.22. The van der Waals surface area contributed by atoms with Gasteiger partial charge in [-0.25, -0.2) is 0 Å². The number of hydrogen-bond acceptors (Lipinski definition) is 0. The second-order valence-electron chi connectivity index (χ2n) is 4.13. The van der Waals surface area contributed by atoms with Crippen molar-refractivity contribution in [1.82, 2.24) is 0 Å². The largest absolute Gasteiger partial charge is 0.0683 e. The molecule has 1 aromatic rings. The molecule has 1 aliphatic carbocycles. The zero-order valence-corrected chi connectivity index (χ0v) is 10.8. The summed E-state index contributed by atoms with van der Waals surface area (Å²) in [5.74, 6) is 0.674. The average molecular weight is 214 g/mol. The van der Waals surface area contributed by atoms with Crippen LogP contribution in [0.1, 0.15) is 39.7 Å². The molecule has 0 bridgehead atoms. The molecule has 0 unspecified atom stereocenters. The van der Waals surface area contributed by atoms with Gasteiger partial charge in [-0.1, -0.05) is 75.8 Å². The van der Waals surface area contributed by atoms with Crippen LogP contribution in [-0.2, 0) is 0 Å². The van der Waals surface area contributed by atoms with Gasteiger partial charge in [-0.2, -0.15) is 0 Å². The standard InChI is InChI=1S/C14H16.C2H6/c1-11(2)13-8-9-14(10-13)12-6-4-3-5-7-12;1-2/h3-9,11H,10H2,1-2H3;1-2H3. The predicted octanol–water partition coefficient (Wildman–Crippen LogP) is 5.08. The van der Waals surface area contributed by atoms with E-state index in [2.05, 4.69) is 56.3 Å². The van der Waals surface area contributed by atoms with E-state index in [0.29, 0.717) is 5.92 Å². The first-order chi connectivity index (χ1) is 7.77. The summed E-state index contributed by atoms with van der Waals surface area (Å²) in [4.78, 5) is 0. The van der Waals surface area contributed by atoms with Crippen molar-refractivity contribution in [2.45, 2.75) is 34.1 Å². The van der Waals surface area contributed by atoms with Gasteiger partial charge in [0, 0.05) is 0 Å². The summed E-state index contributed by atoms with van der Waals surface area (Å²) in [7, 11) is 0. The molecule has 0 heteroatoms. The number of benzene rings is 1. The molecule has 0 N–H and O–H groups in total. The van der Waals surface area contributed by atoms with Gasteiger partial charge < -0.3 is 0 Å². The van der Waals surface area contributed by atoms with E-state index >= 15 is 0 Å². The number of allylic oxidation sites excluding steroid dienone is 4. The molecule has 0 saturated carbocycles. The van der Waals surface area contributed by atoms with Crippen molar-refractivity contribution in [3.05, 3.63) is 53.6 Å². The molecule has 0 amide bonds. The average Bonchev–Trinajstić information content (AvgIpc) is 2.82. The Kier molecular flexibility index (Phi) is 5.04. The fraction of sp³-hybridized carbons (Fsp3) is 0.375. The summed E-state index contributed by atoms with van der Waals surface area (Å²) in [6, 6.07) is 10.6. The van der Waals surface area contributed by atoms with Gasteiger partial charge >= 0.3 is 0 Å². The second-order valence-corrected chi connectivity index (χ2v) is 4.13. The van der Waals surface area contributed by atoms with E-state index in [4.69, 9.17) is 0 Å². The van der Waals surface area contributed by atoms with Crippen molar-refractivity contribution in [2.24, 2.45) is 5.92 Å². The molecule has 1 aliphatic rings. The Hall–Kier alpha value is -1.30. The van der Waals surface area contributed by atoms with Crippen LogP contribution in [0, 0.1) is 5.92 Å². The molecule has 0 spiro atoms. The maximum absolute atomic E-state index is 2.27. The van der Waals surface area contributed by atoms with E-state index in [1.165, 1.54) is 11.1 Å². The van der Waals surface area contributed by atoms with E-state index in [1.54, 1.807) is 5.57 Å². The van der Waals surface area contributed by atoms with Crippen LogP contribution < -0.4 is 0 Å². The molecule has 0 fully saturated rings. The van der Waals surface area contributed by atoms with Crippen molar-refractivity contribution in [3.63, 3.8) is 0 Å². The van der Waals surface area contributed by atoms with Crippen molar-refractivity contribution < 1.29 is 0 Å². The van der Waals surface area contributed by atoms with Gasteiger partial charge in [0.15, 0.2) is 0 Å². The Morgan fingerprint density at radius 2 is 1.56 bits per heavy atom. The minimum Gasteiger partial charge on any atom is -0.0683 e. The van der Waals surface area contributed by atoms with Crippen LogP contribution >= 0.6 is 0 Å². The van der Waals surface area contributed by atoms with E-state index in [-0.39, 0.29) is 0 Å². The molecule has 0 aromatic heterocycles. The van der Waals surface area contributed by atoms with Crippen LogP contribution in [0.15, 0.2) is 48.1 Å². The van der Waals surface area contributed by atoms with Crippen LogP contribution in [0.5, 0.6) is 0 Å². The van der Waals surface area contributed by atoms with Crippen molar-refractivity contribution in [2.75, 3.05) is 0 Å². The minimum absolute atomic E-state index is 0.674. The molecular formula is C16H22. The smallest absolute Gasteiger partial charge is 0.00555 e. The van der Waals surface area contributed by atoms with E-state index < -0.39 is 0 Å². The highest BCUT2D eigenvalue weighted by atomic mass is 14.2. The molecule has 1 aromatic carbocycles. The molecule has 0 atom stereocenters. The molecule has 0 radical (unpaired) electrons. The number of rotatable bonds is 2. The fourth-order valence-corrected chi connectivity index (χ4v) is 1.79. The van der Waals surface area contributed by atoms with Crippen molar-refractivity contribution in [1.29, 1.82) is 0 Å². The predicted molar refractivity (Wildman–Crippen MR) is 73.3 cm³/mol. The molecular weight excluding hydrogens is 192 g/mol. The van der Waals surface area contributed by atoms with Gasteiger partial charge in [0.2, 0.25) is 0 Å². The van der Waals surface area contributed by atoms with E-state index in [0.717, 1.165) is 6.42 Å². The molecule has 0 heterocycles. The second kappa shape index (κ2) is 6.32. The summed E-state index contributed by atoms with van der Waals surface area (Å²) >= 11 is 0. The quantitative estimate of drug-likeness (QED) is 0.644. The molecule has 86 valence electrons. The van der Waals surface area contributed by atoms with Crippen LogP contribution in [0.25, 0.3) is 5.57 Å². The summed E-state index contributed by atoms with van der Waals surface area (Å²) in [5, 5.41) is 0. The molecule has 0 aliphatic heterocycles. The first-order valence-electron chi connectivity index (χ1n) is 6.22. The Morgan fingerprint density at radius 1 is 0.938 bits per heavy atom. The Bertz CT molecular complexity index is 366. The Balaban J connectivity index is 0.000000606. The molecule has 2 rings (SSSR count). The van der Waals surface area contributed by atoms with Gasteiger partial charge in [0.1, 0.15) is 0 Å². The Labute approximate surface area is 99.7 Å². The minimum atomic E-state index is 0.674. The van der Waals surface area contributed by atoms with E-state index in [9.17, 15) is 0 Å². The lowest BCUT2D eigenvalue weighted by Crippen LogP contribution is -1.91. The number of hydrogen-bond donors (Lipinski definition) is 0. The van der Waals surface area contributed by atoms with Gasteiger partial charge in [0.05, 0.1) is 0 Å². The van der Waals surface area contributed by atoms with Crippen LogP contribution in [0.2, 0.25) is 0 Å². The molecule has 0 saturated heterocycles.